The molecule has 3 rings (SSSR count). The molecule has 1 aromatic carbocycles. The summed E-state index contributed by atoms with van der Waals surface area (Å²) < 4.78 is 5.34. The maximum atomic E-state index is 12.5. The zero-order chi connectivity index (χ0) is 20.4. The molecule has 0 radical (unpaired) electrons. The second-order valence-corrected chi connectivity index (χ2v) is 6.21. The van der Waals surface area contributed by atoms with Crippen LogP contribution in [-0.4, -0.2) is 54.1 Å². The van der Waals surface area contributed by atoms with Gasteiger partial charge in [-0.2, -0.15) is 5.26 Å². The van der Waals surface area contributed by atoms with Crippen molar-refractivity contribution in [2.75, 3.05) is 38.1 Å². The van der Waals surface area contributed by atoms with Crippen LogP contribution in [0.2, 0.25) is 0 Å². The molecule has 1 fully saturated rings. The Bertz CT molecular complexity index is 783. The quantitative estimate of drug-likeness (QED) is 0.736. The summed E-state index contributed by atoms with van der Waals surface area (Å²) in [6.07, 6.45) is 3.09. The number of benzene rings is 1. The molecular formula is C21H27N5O2. The van der Waals surface area contributed by atoms with E-state index in [0.29, 0.717) is 11.5 Å². The highest BCUT2D eigenvalue weighted by Crippen LogP contribution is 2.25. The third kappa shape index (κ3) is 5.51. The summed E-state index contributed by atoms with van der Waals surface area (Å²) >= 11 is 0. The molecule has 0 N–H and O–H groups in total. The number of ether oxygens (including phenoxy) is 1. The average molecular weight is 381 g/mol. The lowest BCUT2D eigenvalue weighted by atomic mass is 10.1. The van der Waals surface area contributed by atoms with Gasteiger partial charge in [0, 0.05) is 38.6 Å². The molecule has 2 heterocycles. The van der Waals surface area contributed by atoms with E-state index in [2.05, 4.69) is 26.8 Å². The molecule has 1 aliphatic heterocycles. The van der Waals surface area contributed by atoms with E-state index in [9.17, 15) is 10.1 Å². The van der Waals surface area contributed by atoms with E-state index in [4.69, 9.17) is 4.74 Å². The minimum Gasteiger partial charge on any atom is -0.460 e. The molecule has 0 saturated carbocycles. The number of nitriles is 1. The van der Waals surface area contributed by atoms with Crippen LogP contribution in [0.1, 0.15) is 31.0 Å². The van der Waals surface area contributed by atoms with Crippen LogP contribution in [0.25, 0.3) is 0 Å². The van der Waals surface area contributed by atoms with Gasteiger partial charge >= 0.3 is 5.97 Å². The van der Waals surface area contributed by atoms with Crippen LogP contribution in [0.4, 0.5) is 5.82 Å². The second-order valence-electron chi connectivity index (χ2n) is 6.21. The highest BCUT2D eigenvalue weighted by Gasteiger charge is 2.30. The zero-order valence-electron chi connectivity index (χ0n) is 16.7. The Hall–Kier alpha value is -2.98. The molecule has 1 atom stereocenters. The average Bonchev–Trinajstić information content (AvgIpc) is 2.76. The van der Waals surface area contributed by atoms with Crippen LogP contribution >= 0.6 is 0 Å². The van der Waals surface area contributed by atoms with E-state index in [0.717, 1.165) is 31.7 Å². The molecule has 0 bridgehead atoms. The van der Waals surface area contributed by atoms with Crippen LogP contribution in [0, 0.1) is 11.3 Å². The van der Waals surface area contributed by atoms with E-state index in [-0.39, 0.29) is 6.61 Å². The van der Waals surface area contributed by atoms with Gasteiger partial charge in [0.05, 0.1) is 6.07 Å². The normalized spacial score (nSPS) is 15.0. The van der Waals surface area contributed by atoms with Gasteiger partial charge < -0.3 is 14.5 Å². The fourth-order valence-corrected chi connectivity index (χ4v) is 2.84. The summed E-state index contributed by atoms with van der Waals surface area (Å²) in [5, 5.41) is 9.57. The fraction of sp³-hybridized carbons (Fsp3) is 0.429. The number of esters is 1. The molecule has 1 unspecified atom stereocenters. The Balaban J connectivity index is 0.00000136. The number of aromatic nitrogens is 2. The van der Waals surface area contributed by atoms with E-state index in [1.807, 2.05) is 50.2 Å². The molecule has 1 aliphatic rings. The van der Waals surface area contributed by atoms with E-state index < -0.39 is 11.9 Å². The summed E-state index contributed by atoms with van der Waals surface area (Å²) in [4.78, 5) is 25.4. The predicted octanol–water partition coefficient (Wildman–Crippen LogP) is 2.61. The summed E-state index contributed by atoms with van der Waals surface area (Å²) in [5.41, 5.74) is 1.23. The van der Waals surface area contributed by atoms with Gasteiger partial charge in [0.2, 0.25) is 0 Å². The molecule has 0 amide bonds. The van der Waals surface area contributed by atoms with Gasteiger partial charge in [0.25, 0.3) is 0 Å². The van der Waals surface area contributed by atoms with Gasteiger partial charge in [-0.25, -0.2) is 4.98 Å². The zero-order valence-corrected chi connectivity index (χ0v) is 16.7. The summed E-state index contributed by atoms with van der Waals surface area (Å²) in [6, 6.07) is 11.4. The Morgan fingerprint density at radius 2 is 1.79 bits per heavy atom. The third-order valence-electron chi connectivity index (χ3n) is 4.37. The molecule has 7 heteroatoms. The van der Waals surface area contributed by atoms with Crippen molar-refractivity contribution >= 4 is 11.8 Å². The van der Waals surface area contributed by atoms with Crippen LogP contribution < -0.4 is 4.90 Å². The molecule has 148 valence electrons. The number of nitrogens with zero attached hydrogens (tertiary/aromatic N) is 5. The Morgan fingerprint density at radius 1 is 1.14 bits per heavy atom. The van der Waals surface area contributed by atoms with E-state index in [1.54, 1.807) is 6.20 Å². The minimum atomic E-state index is -1.10. The van der Waals surface area contributed by atoms with Crippen LogP contribution in [-0.2, 0) is 16.1 Å². The van der Waals surface area contributed by atoms with E-state index >= 15 is 0 Å². The Morgan fingerprint density at radius 3 is 2.43 bits per heavy atom. The number of anilines is 1. The number of rotatable bonds is 5. The highest BCUT2D eigenvalue weighted by molar-refractivity contribution is 5.82. The standard InChI is InChI=1S/C19H21N5O2.C2H6/c1-23-9-11-24(12-10-23)18-17(21-7-8-22-18)16(13-20)19(25)26-14-15-5-3-2-4-6-15;1-2/h2-8,16H,9-12,14H2,1H3;1-2H3. The second kappa shape index (κ2) is 11.0. The highest BCUT2D eigenvalue weighted by atomic mass is 16.5. The number of carbonyl (C=O) groups excluding carboxylic acids is 1. The maximum absolute atomic E-state index is 12.5. The summed E-state index contributed by atoms with van der Waals surface area (Å²) in [5.74, 6) is -1.11. The van der Waals surface area contributed by atoms with Crippen molar-refractivity contribution < 1.29 is 9.53 Å². The topological polar surface area (TPSA) is 82.4 Å². The SMILES string of the molecule is CC.CN1CCN(c2nccnc2C(C#N)C(=O)OCc2ccccc2)CC1. The molecule has 1 saturated heterocycles. The van der Waals surface area contributed by atoms with Gasteiger partial charge in [-0.05, 0) is 12.6 Å². The molecule has 1 aromatic heterocycles. The Kier molecular flexibility index (Phi) is 8.37. The van der Waals surface area contributed by atoms with Crippen molar-refractivity contribution in [1.82, 2.24) is 14.9 Å². The first-order chi connectivity index (χ1) is 13.7. The van der Waals surface area contributed by atoms with Crippen LogP contribution in [0.3, 0.4) is 0 Å². The van der Waals surface area contributed by atoms with Gasteiger partial charge in [0.15, 0.2) is 11.7 Å². The van der Waals surface area contributed by atoms with E-state index in [1.165, 1.54) is 6.20 Å². The number of hydrogen-bond acceptors (Lipinski definition) is 7. The molecule has 0 spiro atoms. The first kappa shape index (κ1) is 21.3. The van der Waals surface area contributed by atoms with Gasteiger partial charge in [-0.3, -0.25) is 9.78 Å². The lowest BCUT2D eigenvalue weighted by molar-refractivity contribution is -0.145. The van der Waals surface area contributed by atoms with Crippen molar-refractivity contribution in [3.63, 3.8) is 0 Å². The lowest BCUT2D eigenvalue weighted by Gasteiger charge is -2.34. The summed E-state index contributed by atoms with van der Waals surface area (Å²) in [7, 11) is 2.06. The first-order valence-corrected chi connectivity index (χ1v) is 9.53. The van der Waals surface area contributed by atoms with Gasteiger partial charge in [0.1, 0.15) is 12.3 Å². The van der Waals surface area contributed by atoms with Crippen molar-refractivity contribution in [2.45, 2.75) is 26.4 Å². The molecule has 28 heavy (non-hydrogen) atoms. The monoisotopic (exact) mass is 381 g/mol. The lowest BCUT2D eigenvalue weighted by Crippen LogP contribution is -2.45. The maximum Gasteiger partial charge on any atom is 0.330 e. The largest absolute Gasteiger partial charge is 0.460 e. The molecule has 7 nitrogen and oxygen atoms in total. The first-order valence-electron chi connectivity index (χ1n) is 9.53. The van der Waals surface area contributed by atoms with Gasteiger partial charge in [-0.1, -0.05) is 44.2 Å². The van der Waals surface area contributed by atoms with Crippen LogP contribution in [0.5, 0.6) is 0 Å². The number of carbonyl (C=O) groups is 1. The molecular weight excluding hydrogens is 354 g/mol. The number of hydrogen-bond donors (Lipinski definition) is 0. The Labute approximate surface area is 166 Å². The fourth-order valence-electron chi connectivity index (χ4n) is 2.84. The number of piperazine rings is 1. The minimum absolute atomic E-state index is 0.127. The van der Waals surface area contributed by atoms with Crippen molar-refractivity contribution in [2.24, 2.45) is 0 Å². The van der Waals surface area contributed by atoms with Crippen molar-refractivity contribution in [3.05, 3.63) is 54.0 Å². The van der Waals surface area contributed by atoms with Gasteiger partial charge in [-0.15, -0.1) is 0 Å². The molecule has 2 aromatic rings. The predicted molar refractivity (Wildman–Crippen MR) is 108 cm³/mol. The number of likely N-dealkylation sites (N-methyl/N-ethyl adjacent to an activating group) is 1. The summed E-state index contributed by atoms with van der Waals surface area (Å²) in [6.45, 7) is 7.47. The third-order valence-corrected chi connectivity index (χ3v) is 4.37. The van der Waals surface area contributed by atoms with Crippen LogP contribution in [0.15, 0.2) is 42.7 Å². The van der Waals surface area contributed by atoms with Crippen molar-refractivity contribution in [1.29, 1.82) is 5.26 Å². The van der Waals surface area contributed by atoms with Crippen molar-refractivity contribution in [3.8, 4) is 6.07 Å². The molecule has 0 aliphatic carbocycles. The smallest absolute Gasteiger partial charge is 0.330 e.